The van der Waals surface area contributed by atoms with Gasteiger partial charge in [0, 0.05) is 15.4 Å². The van der Waals surface area contributed by atoms with E-state index < -0.39 is 0 Å². The molecule has 5 heteroatoms. The molecule has 0 radical (unpaired) electrons. The molecular formula is C12H18BrNO2S. The highest BCUT2D eigenvalue weighted by Crippen LogP contribution is 2.29. The minimum absolute atomic E-state index is 0.121. The summed E-state index contributed by atoms with van der Waals surface area (Å²) in [5.74, 6) is -0.0110. The Morgan fingerprint density at radius 3 is 2.53 bits per heavy atom. The van der Waals surface area contributed by atoms with Crippen LogP contribution < -0.4 is 5.32 Å². The van der Waals surface area contributed by atoms with E-state index in [-0.39, 0.29) is 24.0 Å². The maximum absolute atomic E-state index is 11.7. The average Bonchev–Trinajstić information content (AvgIpc) is 2.70. The molecule has 1 N–H and O–H groups in total. The molecule has 0 aliphatic carbocycles. The molecule has 1 aromatic rings. The van der Waals surface area contributed by atoms with Gasteiger partial charge < -0.3 is 4.74 Å². The van der Waals surface area contributed by atoms with Gasteiger partial charge in [-0.05, 0) is 40.2 Å². The van der Waals surface area contributed by atoms with E-state index in [1.54, 1.807) is 11.3 Å². The predicted octanol–water partition coefficient (Wildman–Crippen LogP) is 3.36. The van der Waals surface area contributed by atoms with Crippen molar-refractivity contribution in [3.8, 4) is 0 Å². The van der Waals surface area contributed by atoms with Gasteiger partial charge >= 0.3 is 5.97 Å². The first-order valence-corrected chi connectivity index (χ1v) is 7.21. The summed E-state index contributed by atoms with van der Waals surface area (Å²) in [6.45, 7) is 6.06. The molecule has 2 atom stereocenters. The van der Waals surface area contributed by atoms with Crippen LogP contribution in [0.15, 0.2) is 15.9 Å². The topological polar surface area (TPSA) is 38.3 Å². The number of hydrogen-bond donors (Lipinski definition) is 1. The lowest BCUT2D eigenvalue weighted by Gasteiger charge is -2.24. The zero-order chi connectivity index (χ0) is 13.0. The second-order valence-electron chi connectivity index (χ2n) is 4.27. The fourth-order valence-electron chi connectivity index (χ4n) is 1.62. The van der Waals surface area contributed by atoms with Crippen molar-refractivity contribution in [2.24, 2.45) is 5.92 Å². The fourth-order valence-corrected chi connectivity index (χ4v) is 3.35. The van der Waals surface area contributed by atoms with Crippen LogP contribution in [0, 0.1) is 5.92 Å². The van der Waals surface area contributed by atoms with Crippen LogP contribution in [0.3, 0.4) is 0 Å². The maximum Gasteiger partial charge on any atom is 0.323 e. The zero-order valence-electron chi connectivity index (χ0n) is 10.5. The van der Waals surface area contributed by atoms with Crippen molar-refractivity contribution in [1.29, 1.82) is 0 Å². The Morgan fingerprint density at radius 1 is 1.47 bits per heavy atom. The van der Waals surface area contributed by atoms with Crippen molar-refractivity contribution >= 4 is 33.2 Å². The molecule has 0 amide bonds. The van der Waals surface area contributed by atoms with Gasteiger partial charge in [0.25, 0.3) is 0 Å². The summed E-state index contributed by atoms with van der Waals surface area (Å²) in [6, 6.07) is 1.86. The molecule has 96 valence electrons. The summed E-state index contributed by atoms with van der Waals surface area (Å²) < 4.78 is 5.89. The first kappa shape index (κ1) is 14.7. The van der Waals surface area contributed by atoms with Crippen LogP contribution >= 0.6 is 27.3 Å². The summed E-state index contributed by atoms with van der Waals surface area (Å²) in [5.41, 5.74) is 0. The molecule has 2 unspecified atom stereocenters. The highest BCUT2D eigenvalue weighted by Gasteiger charge is 2.25. The van der Waals surface area contributed by atoms with Crippen molar-refractivity contribution in [1.82, 2.24) is 5.32 Å². The monoisotopic (exact) mass is 319 g/mol. The molecule has 1 heterocycles. The molecule has 0 spiro atoms. The van der Waals surface area contributed by atoms with Crippen LogP contribution in [-0.4, -0.2) is 19.1 Å². The van der Waals surface area contributed by atoms with Crippen molar-refractivity contribution in [3.63, 3.8) is 0 Å². The molecule has 0 aliphatic heterocycles. The van der Waals surface area contributed by atoms with E-state index in [0.29, 0.717) is 0 Å². The number of hydrogen-bond acceptors (Lipinski definition) is 4. The van der Waals surface area contributed by atoms with Gasteiger partial charge in [-0.25, -0.2) is 0 Å². The lowest BCUT2D eigenvalue weighted by molar-refractivity contribution is -0.144. The van der Waals surface area contributed by atoms with Crippen LogP contribution in [0.5, 0.6) is 0 Å². The third-order valence-corrected chi connectivity index (χ3v) is 4.64. The average molecular weight is 320 g/mol. The Balaban J connectivity index is 2.74. The smallest absolute Gasteiger partial charge is 0.323 e. The van der Waals surface area contributed by atoms with E-state index >= 15 is 0 Å². The van der Waals surface area contributed by atoms with Crippen molar-refractivity contribution in [2.75, 3.05) is 7.11 Å². The van der Waals surface area contributed by atoms with E-state index in [0.717, 1.165) is 4.47 Å². The number of thiophene rings is 1. The number of halogens is 1. The minimum atomic E-state index is -0.274. The molecule has 0 saturated heterocycles. The number of esters is 1. The van der Waals surface area contributed by atoms with Gasteiger partial charge in [-0.1, -0.05) is 13.8 Å². The Morgan fingerprint density at radius 2 is 2.12 bits per heavy atom. The minimum Gasteiger partial charge on any atom is -0.468 e. The Labute approximate surface area is 115 Å². The number of methoxy groups -OCH3 is 1. The van der Waals surface area contributed by atoms with Crippen LogP contribution in [-0.2, 0) is 9.53 Å². The Hall–Kier alpha value is -0.390. The van der Waals surface area contributed by atoms with Gasteiger partial charge in [0.1, 0.15) is 6.04 Å². The molecular weight excluding hydrogens is 302 g/mol. The van der Waals surface area contributed by atoms with E-state index in [9.17, 15) is 4.79 Å². The zero-order valence-corrected chi connectivity index (χ0v) is 12.9. The standard InChI is InChI=1S/C12H18BrNO2S/c1-7(2)10(12(15)16-4)14-8(3)11-9(13)5-6-17-11/h5-8,10,14H,1-4H3. The SMILES string of the molecule is COC(=O)C(NC(C)c1sccc1Br)C(C)C. The summed E-state index contributed by atoms with van der Waals surface area (Å²) in [4.78, 5) is 12.8. The van der Waals surface area contributed by atoms with Gasteiger partial charge in [0.15, 0.2) is 0 Å². The molecule has 0 saturated carbocycles. The third kappa shape index (κ3) is 3.79. The first-order chi connectivity index (χ1) is 7.97. The van der Waals surface area contributed by atoms with E-state index in [2.05, 4.69) is 28.2 Å². The predicted molar refractivity (Wildman–Crippen MR) is 74.2 cm³/mol. The Bertz CT molecular complexity index is 378. The van der Waals surface area contributed by atoms with Crippen LogP contribution in [0.25, 0.3) is 0 Å². The summed E-state index contributed by atoms with van der Waals surface area (Å²) in [7, 11) is 1.42. The molecule has 0 fully saturated rings. The number of carbonyl (C=O) groups is 1. The summed E-state index contributed by atoms with van der Waals surface area (Å²) >= 11 is 5.17. The lowest BCUT2D eigenvalue weighted by Crippen LogP contribution is -2.42. The molecule has 0 aliphatic rings. The highest BCUT2D eigenvalue weighted by atomic mass is 79.9. The van der Waals surface area contributed by atoms with Crippen molar-refractivity contribution in [2.45, 2.75) is 32.9 Å². The van der Waals surface area contributed by atoms with Crippen molar-refractivity contribution in [3.05, 3.63) is 20.8 Å². The third-order valence-electron chi connectivity index (χ3n) is 2.59. The second-order valence-corrected chi connectivity index (χ2v) is 6.07. The van der Waals surface area contributed by atoms with Crippen molar-refractivity contribution < 1.29 is 9.53 Å². The highest BCUT2D eigenvalue weighted by molar-refractivity contribution is 9.10. The van der Waals surface area contributed by atoms with Gasteiger partial charge in [0.05, 0.1) is 7.11 Å². The molecule has 17 heavy (non-hydrogen) atoms. The summed E-state index contributed by atoms with van der Waals surface area (Å²) in [6.07, 6.45) is 0. The van der Waals surface area contributed by atoms with Crippen LogP contribution in [0.1, 0.15) is 31.7 Å². The largest absolute Gasteiger partial charge is 0.468 e. The molecule has 0 bridgehead atoms. The normalized spacial score (nSPS) is 14.7. The Kier molecular flexibility index (Phi) is 5.62. The number of carbonyl (C=O) groups excluding carboxylic acids is 1. The lowest BCUT2D eigenvalue weighted by atomic mass is 10.0. The molecule has 1 rings (SSSR count). The van der Waals surface area contributed by atoms with E-state index in [1.807, 2.05) is 25.3 Å². The van der Waals surface area contributed by atoms with Crippen LogP contribution in [0.4, 0.5) is 0 Å². The first-order valence-electron chi connectivity index (χ1n) is 5.54. The number of rotatable bonds is 5. The number of ether oxygens (including phenoxy) is 1. The number of nitrogens with one attached hydrogen (secondary N) is 1. The van der Waals surface area contributed by atoms with E-state index in [1.165, 1.54) is 12.0 Å². The van der Waals surface area contributed by atoms with Gasteiger partial charge in [0.2, 0.25) is 0 Å². The quantitative estimate of drug-likeness (QED) is 0.846. The van der Waals surface area contributed by atoms with Gasteiger partial charge in [-0.2, -0.15) is 0 Å². The fraction of sp³-hybridized carbons (Fsp3) is 0.583. The maximum atomic E-state index is 11.7. The van der Waals surface area contributed by atoms with Gasteiger partial charge in [-0.15, -0.1) is 11.3 Å². The van der Waals surface area contributed by atoms with E-state index in [4.69, 9.17) is 4.74 Å². The second kappa shape index (κ2) is 6.52. The van der Waals surface area contributed by atoms with Gasteiger partial charge in [-0.3, -0.25) is 10.1 Å². The molecule has 3 nitrogen and oxygen atoms in total. The summed E-state index contributed by atoms with van der Waals surface area (Å²) in [5, 5.41) is 5.34. The van der Waals surface area contributed by atoms with Crippen LogP contribution in [0.2, 0.25) is 0 Å². The molecule has 1 aromatic heterocycles. The molecule has 0 aromatic carbocycles.